The zero-order valence-corrected chi connectivity index (χ0v) is 72.8. The Kier molecular flexibility index (Phi) is 29.4. The molecule has 9 saturated heterocycles. The highest BCUT2D eigenvalue weighted by atomic mass is 35.5. The lowest BCUT2D eigenvalue weighted by Gasteiger charge is -2.44. The number of amides is 4. The van der Waals surface area contributed by atoms with E-state index < -0.39 is 112 Å². The number of piperazine rings is 3. The predicted octanol–water partition coefficient (Wildman–Crippen LogP) is 14.6. The molecular weight excluding hydrogens is 1680 g/mol. The predicted molar refractivity (Wildman–Crippen MR) is 427 cm³/mol. The molecule has 12 aliphatic rings. The van der Waals surface area contributed by atoms with Gasteiger partial charge in [0.2, 0.25) is 17.1 Å². The van der Waals surface area contributed by atoms with Gasteiger partial charge in [-0.1, -0.05) is 62.3 Å². The fourth-order valence-electron chi connectivity index (χ4n) is 22.5. The molecule has 6 bridgehead atoms. The standard InChI is InChI=1S/C29H38F6N4O4.C28H40F3N3O3.C17H25ClF3NO4.C12H14F3N3/c1-16(2)27(8-5-19(12-27)39(26(41)29(33,34)35)20-7-10-43-15-23(20)42-4)25(40)38-14-21-17(3)22(38)13-37(21)24-11-18(6-9-36-24)28(30,31)32;1-17(2)27(8-5-19(13-27)11-20-7-10-37-16-24(20)36-4)26(35)34-15-22-18(3)23(34)14-33(22)25-12-21(6-9-32-25)28(29,30)31;1-10(2)16(14(18)23)6-4-11(8-16)22(15(24)17(19,20)21)12-5-7-26-9-13(12)25-3;1-7-9-6-18(10(7)5-17-9)11-4-8(2-3-16-11)12(13,14)15/h6,9,11,16-17,19-23H,5,7-8,10,12-15H2,1-4H3;6,9,12,17-20,22-24H,5,7-8,10-11,13-16H2,1-4H3;10-13H,4-9H2,1-3H3;2-4,7,9-10,17H,5-6H2,1H3/t17?,19-,20+,21-,22-,23-,27+;18?,19-,20+,22+,23+,24+,27-;11-,12+,13-,16+;7?,9-,10-/m1011/s1. The van der Waals surface area contributed by atoms with E-state index in [1.54, 1.807) is 12.0 Å². The molecule has 0 aromatic carbocycles. The first-order valence-electron chi connectivity index (χ1n) is 43.2. The van der Waals surface area contributed by atoms with E-state index in [0.717, 1.165) is 104 Å². The van der Waals surface area contributed by atoms with Gasteiger partial charge in [-0.3, -0.25) is 24.0 Å². The van der Waals surface area contributed by atoms with Crippen LogP contribution in [0.15, 0.2) is 55.0 Å². The Labute approximate surface area is 718 Å². The summed E-state index contributed by atoms with van der Waals surface area (Å²) in [4.78, 5) is 89.7. The van der Waals surface area contributed by atoms with E-state index in [1.807, 2.05) is 49.3 Å². The number of carbonyl (C=O) groups is 5. The number of alkyl halides is 15. The first kappa shape index (κ1) is 96.4. The van der Waals surface area contributed by atoms with Gasteiger partial charge < -0.3 is 68.0 Å². The normalized spacial score (nSPS) is 33.6. The molecule has 12 fully saturated rings. The lowest BCUT2D eigenvalue weighted by molar-refractivity contribution is -0.197. The van der Waals surface area contributed by atoms with Crippen LogP contribution in [-0.4, -0.2) is 255 Å². The first-order chi connectivity index (χ1) is 58.1. The number of rotatable bonds is 18. The van der Waals surface area contributed by atoms with Crippen LogP contribution in [0.3, 0.4) is 0 Å². The van der Waals surface area contributed by atoms with Gasteiger partial charge in [0.15, 0.2) is 0 Å². The molecule has 3 saturated carbocycles. The first-order valence-corrected chi connectivity index (χ1v) is 43.6. The number of anilines is 3. The minimum absolute atomic E-state index is 0.00289. The lowest BCUT2D eigenvalue weighted by atomic mass is 9.73. The average molecular weight is 1800 g/mol. The number of nitrogens with zero attached hydrogens (tertiary/aromatic N) is 10. The van der Waals surface area contributed by atoms with Crippen LogP contribution < -0.4 is 20.0 Å². The number of fused-ring (bicyclic) bond motifs is 6. The van der Waals surface area contributed by atoms with Crippen molar-refractivity contribution in [2.45, 2.75) is 255 Å². The third-order valence-corrected chi connectivity index (χ3v) is 30.4. The Bertz CT molecular complexity index is 4210. The van der Waals surface area contributed by atoms with Gasteiger partial charge in [0.1, 0.15) is 29.7 Å². The zero-order valence-electron chi connectivity index (χ0n) is 72.0. The van der Waals surface area contributed by atoms with Crippen LogP contribution in [0, 0.1) is 63.6 Å². The van der Waals surface area contributed by atoms with Crippen molar-refractivity contribution in [2.24, 2.45) is 63.6 Å². The van der Waals surface area contributed by atoms with E-state index in [9.17, 15) is 89.8 Å². The summed E-state index contributed by atoms with van der Waals surface area (Å²) in [6, 6.07) is 3.19. The molecule has 3 aromatic rings. The van der Waals surface area contributed by atoms with Crippen molar-refractivity contribution in [3.8, 4) is 0 Å². The average Bonchev–Trinajstić information content (AvgIpc) is 1.57. The molecule has 21 atom stereocenters. The Balaban J connectivity index is 0.000000157. The summed E-state index contributed by atoms with van der Waals surface area (Å²) in [7, 11) is 4.52. The van der Waals surface area contributed by atoms with Crippen molar-refractivity contribution in [3.63, 3.8) is 0 Å². The van der Waals surface area contributed by atoms with Gasteiger partial charge in [0.05, 0.1) is 89.7 Å². The van der Waals surface area contributed by atoms with Crippen molar-refractivity contribution in [1.29, 1.82) is 0 Å². The molecule has 3 aliphatic carbocycles. The second-order valence-corrected chi connectivity index (χ2v) is 37.4. The van der Waals surface area contributed by atoms with Crippen LogP contribution in [-0.2, 0) is 70.9 Å². The van der Waals surface area contributed by atoms with Crippen molar-refractivity contribution >= 4 is 57.9 Å². The number of hydrogen-bond donors (Lipinski definition) is 1. The van der Waals surface area contributed by atoms with Crippen molar-refractivity contribution < 1.29 is 118 Å². The second-order valence-electron chi connectivity index (χ2n) is 37.1. The van der Waals surface area contributed by atoms with Crippen LogP contribution in [0.4, 0.5) is 83.3 Å². The smallest absolute Gasteiger partial charge is 0.379 e. The van der Waals surface area contributed by atoms with Gasteiger partial charge in [0.25, 0.3) is 0 Å². The highest BCUT2D eigenvalue weighted by Gasteiger charge is 2.63. The van der Waals surface area contributed by atoms with Gasteiger partial charge >= 0.3 is 42.7 Å². The molecule has 15 rings (SSSR count). The Morgan fingerprint density at radius 3 is 1.19 bits per heavy atom. The Hall–Kier alpha value is -6.64. The van der Waals surface area contributed by atoms with Crippen LogP contribution >= 0.6 is 11.6 Å². The third kappa shape index (κ3) is 19.5. The molecule has 0 spiro atoms. The van der Waals surface area contributed by atoms with Gasteiger partial charge in [-0.25, -0.2) is 15.0 Å². The van der Waals surface area contributed by atoms with Crippen molar-refractivity contribution in [3.05, 3.63) is 71.7 Å². The molecule has 38 heteroatoms. The summed E-state index contributed by atoms with van der Waals surface area (Å²) in [5.74, 6) is -1.32. The van der Waals surface area contributed by atoms with Crippen LogP contribution in [0.2, 0.25) is 0 Å². The lowest BCUT2D eigenvalue weighted by Crippen LogP contribution is -2.59. The van der Waals surface area contributed by atoms with Gasteiger partial charge in [-0.2, -0.15) is 65.9 Å². The quantitative estimate of drug-likeness (QED) is 0.0926. The van der Waals surface area contributed by atoms with Crippen molar-refractivity contribution in [1.82, 2.24) is 39.9 Å². The van der Waals surface area contributed by atoms with E-state index in [0.29, 0.717) is 80.9 Å². The summed E-state index contributed by atoms with van der Waals surface area (Å²) in [5, 5.41) is 2.81. The van der Waals surface area contributed by atoms with Gasteiger partial charge in [0, 0.05) is 140 Å². The maximum atomic E-state index is 14.4. The van der Waals surface area contributed by atoms with E-state index in [4.69, 9.17) is 40.0 Å². The number of methoxy groups -OCH3 is 3. The van der Waals surface area contributed by atoms with Crippen molar-refractivity contribution in [2.75, 3.05) is 115 Å². The number of hydrogen-bond acceptors (Lipinski definition) is 18. The van der Waals surface area contributed by atoms with E-state index >= 15 is 0 Å². The largest absolute Gasteiger partial charge is 0.471 e. The highest BCUT2D eigenvalue weighted by molar-refractivity contribution is 6.64. The topological polar surface area (TPSA) is 214 Å². The number of nitrogens with one attached hydrogen (secondary N) is 1. The summed E-state index contributed by atoms with van der Waals surface area (Å²) in [6.45, 7) is 23.2. The molecular formula is C86H117ClF15N11O11. The van der Waals surface area contributed by atoms with Crippen LogP contribution in [0.1, 0.15) is 162 Å². The minimum Gasteiger partial charge on any atom is -0.379 e. The third-order valence-electron chi connectivity index (χ3n) is 30.0. The summed E-state index contributed by atoms with van der Waals surface area (Å²) in [5.41, 5.74) is -4.39. The summed E-state index contributed by atoms with van der Waals surface area (Å²) in [6.07, 6.45) is -14.2. The van der Waals surface area contributed by atoms with Gasteiger partial charge in [-0.05, 0) is 167 Å². The molecule has 694 valence electrons. The Morgan fingerprint density at radius 1 is 0.484 bits per heavy atom. The molecule has 4 amide bonds. The summed E-state index contributed by atoms with van der Waals surface area (Å²) < 4.78 is 232. The zero-order chi connectivity index (χ0) is 90.6. The van der Waals surface area contributed by atoms with Crippen LogP contribution in [0.5, 0.6) is 0 Å². The molecule has 124 heavy (non-hydrogen) atoms. The number of likely N-dealkylation sites (tertiary alicyclic amines) is 2. The number of halogens is 16. The molecule has 22 nitrogen and oxygen atoms in total. The molecule has 0 radical (unpaired) electrons. The number of ether oxygens (including phenoxy) is 6. The maximum Gasteiger partial charge on any atom is 0.471 e. The molecule has 12 heterocycles. The molecule has 3 aromatic heterocycles. The van der Waals surface area contributed by atoms with Gasteiger partial charge in [-0.15, -0.1) is 0 Å². The van der Waals surface area contributed by atoms with E-state index in [2.05, 4.69) is 52.9 Å². The minimum atomic E-state index is -5.09. The monoisotopic (exact) mass is 1800 g/mol. The fraction of sp³-hybridized carbons (Fsp3) is 0.767. The molecule has 1 N–H and O–H groups in total. The number of pyridine rings is 3. The highest BCUT2D eigenvalue weighted by Crippen LogP contribution is 2.56. The summed E-state index contributed by atoms with van der Waals surface area (Å²) >= 11 is 5.81. The fourth-order valence-corrected chi connectivity index (χ4v) is 22.9. The SMILES string of the molecule is CC1[C@H]2CN[C@@H]1CN2c1cc(C(F)(F)F)ccn1.CO[C@@H]1COCC[C@@H]1C[C@@H]1CC[C@@](C(=O)N2C[C@@H]3C(C)[C@H]2CN3c2cc(C(F)(F)F)ccn2)(C(C)C)C1.CO[C@@H]1COCC[C@@H]1N(C(=O)C(F)(F)F)[C@@H]1CC[C@@](C(=O)Cl)(C(C)C)C1.CO[C@@H]1COCC[C@@H]1N(C(=O)C(F)(F)F)[C@@H]1CC[C@@](C(=O)N2C[C@@H]3C(C)[C@H]2CN3c2cc(C(F)(F)F)ccn2)(C(C)C)C1. The molecule has 3 unspecified atom stereocenters. The van der Waals surface area contributed by atoms with Crippen LogP contribution in [0.25, 0.3) is 0 Å². The van der Waals surface area contributed by atoms with E-state index in [1.165, 1.54) is 26.6 Å². The Morgan fingerprint density at radius 2 is 0.855 bits per heavy atom. The second kappa shape index (κ2) is 37.8. The van der Waals surface area contributed by atoms with E-state index in [-0.39, 0.29) is 154 Å². The molecule has 9 aliphatic heterocycles. The number of carbonyl (C=O) groups excluding carboxylic acids is 5. The number of aromatic nitrogens is 3. The maximum absolute atomic E-state index is 14.4.